The van der Waals surface area contributed by atoms with E-state index in [1.807, 2.05) is 6.92 Å². The lowest BCUT2D eigenvalue weighted by Gasteiger charge is -2.23. The van der Waals surface area contributed by atoms with Crippen LogP contribution in [0.15, 0.2) is 0 Å². The second-order valence-corrected chi connectivity index (χ2v) is 2.66. The van der Waals surface area contributed by atoms with E-state index in [1.54, 1.807) is 0 Å². The molecule has 1 unspecified atom stereocenters. The monoisotopic (exact) mass is 145 g/mol. The molecule has 3 heteroatoms. The van der Waals surface area contributed by atoms with Gasteiger partial charge < -0.3 is 15.0 Å². The fourth-order valence-corrected chi connectivity index (χ4v) is 0.623. The molecule has 60 valence electrons. The summed E-state index contributed by atoms with van der Waals surface area (Å²) in [4.78, 5) is 10.2. The van der Waals surface area contributed by atoms with E-state index < -0.39 is 11.6 Å². The highest BCUT2D eigenvalue weighted by atomic mass is 16.4. The zero-order valence-electron chi connectivity index (χ0n) is 6.39. The number of unbranched alkanes of at least 4 members (excludes halogenated alkanes) is 1. The van der Waals surface area contributed by atoms with Crippen LogP contribution in [0, 0.1) is 0 Å². The van der Waals surface area contributed by atoms with Crippen LogP contribution in [0.25, 0.3) is 0 Å². The van der Waals surface area contributed by atoms with Gasteiger partial charge in [0.25, 0.3) is 0 Å². The Kier molecular flexibility index (Phi) is 3.36. The molecule has 0 rings (SSSR count). The van der Waals surface area contributed by atoms with Gasteiger partial charge in [0.1, 0.15) is 5.60 Å². The van der Waals surface area contributed by atoms with Gasteiger partial charge >= 0.3 is 0 Å². The van der Waals surface area contributed by atoms with Gasteiger partial charge in [-0.15, -0.1) is 0 Å². The molecule has 0 aromatic heterocycles. The third-order valence-electron chi connectivity index (χ3n) is 1.46. The van der Waals surface area contributed by atoms with E-state index in [0.29, 0.717) is 6.42 Å². The maximum Gasteiger partial charge on any atom is 0.101 e. The topological polar surface area (TPSA) is 60.4 Å². The molecule has 0 fully saturated rings. The highest BCUT2D eigenvalue weighted by molar-refractivity contribution is 5.74. The van der Waals surface area contributed by atoms with Gasteiger partial charge in [-0.05, 0) is 13.3 Å². The number of carboxylic acid groups (broad SMARTS) is 1. The molecule has 0 heterocycles. The normalized spacial score (nSPS) is 16.3. The van der Waals surface area contributed by atoms with Gasteiger partial charge in [-0.1, -0.05) is 19.8 Å². The molecule has 1 atom stereocenters. The standard InChI is InChI=1S/C7H14O3/c1-3-4-5-7(2,10)6(8)9/h10H,3-5H2,1-2H3,(H,8,9)/p-1. The highest BCUT2D eigenvalue weighted by Crippen LogP contribution is 2.11. The zero-order valence-corrected chi connectivity index (χ0v) is 6.39. The lowest BCUT2D eigenvalue weighted by atomic mass is 10.00. The van der Waals surface area contributed by atoms with Gasteiger partial charge in [-0.3, -0.25) is 0 Å². The number of hydrogen-bond acceptors (Lipinski definition) is 3. The largest absolute Gasteiger partial charge is 0.547 e. The fourth-order valence-electron chi connectivity index (χ4n) is 0.623. The highest BCUT2D eigenvalue weighted by Gasteiger charge is 2.20. The second-order valence-electron chi connectivity index (χ2n) is 2.66. The van der Waals surface area contributed by atoms with Crippen LogP contribution in [-0.4, -0.2) is 16.7 Å². The number of carboxylic acids is 1. The van der Waals surface area contributed by atoms with Crippen molar-refractivity contribution in [2.75, 3.05) is 0 Å². The van der Waals surface area contributed by atoms with Crippen LogP contribution in [-0.2, 0) is 4.79 Å². The zero-order chi connectivity index (χ0) is 8.20. The Labute approximate surface area is 60.7 Å². The average Bonchev–Trinajstić information content (AvgIpc) is 1.84. The molecule has 0 aromatic carbocycles. The minimum atomic E-state index is -1.64. The molecule has 0 saturated carbocycles. The van der Waals surface area contributed by atoms with Gasteiger partial charge in [0, 0.05) is 0 Å². The predicted molar refractivity (Wildman–Crippen MR) is 35.2 cm³/mol. The van der Waals surface area contributed by atoms with E-state index in [0.717, 1.165) is 6.42 Å². The van der Waals surface area contributed by atoms with Crippen LogP contribution in [0.1, 0.15) is 33.1 Å². The van der Waals surface area contributed by atoms with Gasteiger partial charge in [-0.2, -0.15) is 0 Å². The maximum absolute atomic E-state index is 10.2. The van der Waals surface area contributed by atoms with E-state index in [-0.39, 0.29) is 6.42 Å². The first kappa shape index (κ1) is 9.43. The van der Waals surface area contributed by atoms with Crippen molar-refractivity contribution in [1.82, 2.24) is 0 Å². The smallest absolute Gasteiger partial charge is 0.101 e. The number of hydrogen-bond donors (Lipinski definition) is 1. The summed E-state index contributed by atoms with van der Waals surface area (Å²) >= 11 is 0. The molecule has 0 bridgehead atoms. The number of carbonyl (C=O) groups is 1. The Balaban J connectivity index is 3.75. The van der Waals surface area contributed by atoms with Crippen LogP contribution in [0.4, 0.5) is 0 Å². The molecule has 0 aliphatic rings. The van der Waals surface area contributed by atoms with Gasteiger partial charge in [0.2, 0.25) is 0 Å². The van der Waals surface area contributed by atoms with Crippen LogP contribution < -0.4 is 5.11 Å². The third kappa shape index (κ3) is 2.82. The van der Waals surface area contributed by atoms with Crippen LogP contribution in [0.2, 0.25) is 0 Å². The lowest BCUT2D eigenvalue weighted by molar-refractivity contribution is -0.324. The molecule has 3 nitrogen and oxygen atoms in total. The summed E-state index contributed by atoms with van der Waals surface area (Å²) in [6.45, 7) is 3.20. The molecule has 0 radical (unpaired) electrons. The molecular formula is C7H13O3-. The van der Waals surface area contributed by atoms with Crippen molar-refractivity contribution < 1.29 is 15.0 Å². The summed E-state index contributed by atoms with van der Waals surface area (Å²) < 4.78 is 0. The molecule has 0 spiro atoms. The van der Waals surface area contributed by atoms with E-state index in [2.05, 4.69) is 0 Å². The van der Waals surface area contributed by atoms with Crippen LogP contribution in [0.5, 0.6) is 0 Å². The molecule has 1 N–H and O–H groups in total. The molecular weight excluding hydrogens is 132 g/mol. The summed E-state index contributed by atoms with van der Waals surface area (Å²) in [5, 5.41) is 19.2. The van der Waals surface area contributed by atoms with Crippen molar-refractivity contribution in [2.45, 2.75) is 38.7 Å². The first-order valence-corrected chi connectivity index (χ1v) is 3.44. The maximum atomic E-state index is 10.2. The van der Waals surface area contributed by atoms with Crippen molar-refractivity contribution in [1.29, 1.82) is 0 Å². The summed E-state index contributed by atoms with van der Waals surface area (Å²) in [6.07, 6.45) is 1.86. The summed E-state index contributed by atoms with van der Waals surface area (Å²) in [7, 11) is 0. The predicted octanol–water partition coefficient (Wildman–Crippen LogP) is -0.322. The average molecular weight is 145 g/mol. The van der Waals surface area contributed by atoms with Crippen molar-refractivity contribution in [3.8, 4) is 0 Å². The lowest BCUT2D eigenvalue weighted by Crippen LogP contribution is -2.45. The number of rotatable bonds is 4. The first-order chi connectivity index (χ1) is 4.50. The van der Waals surface area contributed by atoms with E-state index in [4.69, 9.17) is 5.11 Å². The minimum absolute atomic E-state index is 0.270. The Morgan fingerprint density at radius 2 is 2.20 bits per heavy atom. The van der Waals surface area contributed by atoms with Crippen LogP contribution in [0.3, 0.4) is 0 Å². The molecule has 0 saturated heterocycles. The van der Waals surface area contributed by atoms with E-state index >= 15 is 0 Å². The summed E-state index contributed by atoms with van der Waals surface area (Å²) in [6, 6.07) is 0. The third-order valence-corrected chi connectivity index (χ3v) is 1.46. The van der Waals surface area contributed by atoms with Crippen molar-refractivity contribution in [3.63, 3.8) is 0 Å². The Morgan fingerprint density at radius 3 is 2.50 bits per heavy atom. The van der Waals surface area contributed by atoms with Gasteiger partial charge in [-0.25, -0.2) is 0 Å². The fraction of sp³-hybridized carbons (Fsp3) is 0.857. The Hall–Kier alpha value is -0.570. The summed E-state index contributed by atoms with van der Waals surface area (Å²) in [5.41, 5.74) is -1.64. The molecule has 0 amide bonds. The van der Waals surface area contributed by atoms with Crippen LogP contribution >= 0.6 is 0 Å². The van der Waals surface area contributed by atoms with Gasteiger partial charge in [0.05, 0.1) is 5.97 Å². The van der Waals surface area contributed by atoms with Gasteiger partial charge in [0.15, 0.2) is 0 Å². The number of aliphatic hydroxyl groups is 1. The molecule has 0 aromatic rings. The molecule has 10 heavy (non-hydrogen) atoms. The number of carbonyl (C=O) groups excluding carboxylic acids is 1. The summed E-state index contributed by atoms with van der Waals surface area (Å²) in [5.74, 6) is -1.39. The Morgan fingerprint density at radius 1 is 1.70 bits per heavy atom. The number of aliphatic carboxylic acids is 1. The quantitative estimate of drug-likeness (QED) is 0.589. The second kappa shape index (κ2) is 3.56. The van der Waals surface area contributed by atoms with Crippen molar-refractivity contribution in [3.05, 3.63) is 0 Å². The van der Waals surface area contributed by atoms with Crippen molar-refractivity contribution in [2.24, 2.45) is 0 Å². The SMILES string of the molecule is CCCCC(C)(O)C(=O)[O-]. The molecule has 0 aliphatic heterocycles. The van der Waals surface area contributed by atoms with Crippen molar-refractivity contribution >= 4 is 5.97 Å². The first-order valence-electron chi connectivity index (χ1n) is 3.44. The Bertz CT molecular complexity index is 118. The van der Waals surface area contributed by atoms with E-state index in [1.165, 1.54) is 6.92 Å². The van der Waals surface area contributed by atoms with E-state index in [9.17, 15) is 9.90 Å². The molecule has 0 aliphatic carbocycles. The minimum Gasteiger partial charge on any atom is -0.547 e.